The van der Waals surface area contributed by atoms with Crippen molar-refractivity contribution in [1.82, 2.24) is 10.2 Å². The van der Waals surface area contributed by atoms with E-state index in [0.717, 1.165) is 0 Å². The van der Waals surface area contributed by atoms with E-state index in [0.29, 0.717) is 25.9 Å². The van der Waals surface area contributed by atoms with Crippen LogP contribution in [-0.4, -0.2) is 41.6 Å². The lowest BCUT2D eigenvalue weighted by Gasteiger charge is -2.22. The van der Waals surface area contributed by atoms with Crippen LogP contribution in [0.15, 0.2) is 0 Å². The van der Waals surface area contributed by atoms with Crippen molar-refractivity contribution in [3.63, 3.8) is 0 Å². The van der Waals surface area contributed by atoms with Gasteiger partial charge in [-0.25, -0.2) is 4.79 Å². The molecule has 1 rings (SSSR count). The third kappa shape index (κ3) is 2.90. The van der Waals surface area contributed by atoms with E-state index in [1.165, 1.54) is 0 Å². The molecule has 1 aliphatic heterocycles. The normalized spacial score (nSPS) is 22.8. The fraction of sp³-hybridized carbons (Fsp3) is 0.667. The van der Waals surface area contributed by atoms with E-state index in [1.54, 1.807) is 11.8 Å². The SMILES string of the molecule is CC#CCNC(=O)N1CCC(CC)(C(=O)O)C1. The minimum Gasteiger partial charge on any atom is -0.481 e. The van der Waals surface area contributed by atoms with Crippen LogP contribution in [0.3, 0.4) is 0 Å². The van der Waals surface area contributed by atoms with Crippen LogP contribution >= 0.6 is 0 Å². The number of nitrogens with one attached hydrogen (secondary N) is 1. The van der Waals surface area contributed by atoms with Gasteiger partial charge in [0.15, 0.2) is 0 Å². The quantitative estimate of drug-likeness (QED) is 0.718. The van der Waals surface area contributed by atoms with Crippen LogP contribution in [-0.2, 0) is 4.79 Å². The summed E-state index contributed by atoms with van der Waals surface area (Å²) >= 11 is 0. The Morgan fingerprint density at radius 2 is 2.24 bits per heavy atom. The fourth-order valence-corrected chi connectivity index (χ4v) is 1.98. The van der Waals surface area contributed by atoms with Crippen molar-refractivity contribution in [2.75, 3.05) is 19.6 Å². The van der Waals surface area contributed by atoms with E-state index in [9.17, 15) is 14.7 Å². The minimum atomic E-state index is -0.816. The Kier molecular flexibility index (Phi) is 4.38. The number of urea groups is 1. The molecule has 1 unspecified atom stereocenters. The molecule has 1 fully saturated rings. The van der Waals surface area contributed by atoms with Gasteiger partial charge in [-0.15, -0.1) is 5.92 Å². The van der Waals surface area contributed by atoms with Crippen molar-refractivity contribution in [1.29, 1.82) is 0 Å². The summed E-state index contributed by atoms with van der Waals surface area (Å²) in [6.07, 6.45) is 1.06. The van der Waals surface area contributed by atoms with Gasteiger partial charge in [-0.2, -0.15) is 0 Å². The highest BCUT2D eigenvalue weighted by Gasteiger charge is 2.44. The monoisotopic (exact) mass is 238 g/mol. The van der Waals surface area contributed by atoms with Crippen molar-refractivity contribution in [3.8, 4) is 11.8 Å². The second kappa shape index (κ2) is 5.58. The first-order valence-electron chi connectivity index (χ1n) is 5.71. The van der Waals surface area contributed by atoms with E-state index in [-0.39, 0.29) is 12.6 Å². The lowest BCUT2D eigenvalue weighted by Crippen LogP contribution is -2.41. The van der Waals surface area contributed by atoms with Gasteiger partial charge in [0.05, 0.1) is 12.0 Å². The number of carbonyl (C=O) groups excluding carboxylic acids is 1. The molecule has 5 nitrogen and oxygen atoms in total. The standard InChI is InChI=1S/C12H18N2O3/c1-3-5-7-13-11(17)14-8-6-12(4-2,9-14)10(15)16/h4,6-9H2,1-2H3,(H,13,17)(H,15,16). The smallest absolute Gasteiger partial charge is 0.318 e. The maximum Gasteiger partial charge on any atom is 0.318 e. The molecule has 0 saturated carbocycles. The molecule has 0 aliphatic carbocycles. The third-order valence-corrected chi connectivity index (χ3v) is 3.28. The zero-order chi connectivity index (χ0) is 12.9. The summed E-state index contributed by atoms with van der Waals surface area (Å²) in [5.74, 6) is 4.60. The Labute approximate surface area is 101 Å². The Bertz CT molecular complexity index is 370. The third-order valence-electron chi connectivity index (χ3n) is 3.28. The number of aliphatic carboxylic acids is 1. The number of hydrogen-bond donors (Lipinski definition) is 2. The van der Waals surface area contributed by atoms with E-state index in [1.807, 2.05) is 6.92 Å². The largest absolute Gasteiger partial charge is 0.481 e. The molecule has 0 bridgehead atoms. The van der Waals surface area contributed by atoms with Crippen LogP contribution in [0.25, 0.3) is 0 Å². The summed E-state index contributed by atoms with van der Waals surface area (Å²) in [7, 11) is 0. The Hall–Kier alpha value is -1.70. The maximum absolute atomic E-state index is 11.7. The van der Waals surface area contributed by atoms with Crippen molar-refractivity contribution in [2.45, 2.75) is 26.7 Å². The van der Waals surface area contributed by atoms with Gasteiger partial charge in [-0.1, -0.05) is 12.8 Å². The van der Waals surface area contributed by atoms with E-state index in [2.05, 4.69) is 17.2 Å². The highest BCUT2D eigenvalue weighted by atomic mass is 16.4. The van der Waals surface area contributed by atoms with Crippen molar-refractivity contribution in [3.05, 3.63) is 0 Å². The van der Waals surface area contributed by atoms with Crippen LogP contribution in [0.2, 0.25) is 0 Å². The van der Waals surface area contributed by atoms with Gasteiger partial charge in [-0.05, 0) is 19.8 Å². The number of carboxylic acids is 1. The van der Waals surface area contributed by atoms with Crippen LogP contribution in [0, 0.1) is 17.3 Å². The zero-order valence-corrected chi connectivity index (χ0v) is 10.2. The molecule has 0 aromatic heterocycles. The molecular formula is C12H18N2O3. The topological polar surface area (TPSA) is 69.6 Å². The lowest BCUT2D eigenvalue weighted by atomic mass is 9.84. The Balaban J connectivity index is 2.56. The molecule has 2 amide bonds. The fourth-order valence-electron chi connectivity index (χ4n) is 1.98. The van der Waals surface area contributed by atoms with Crippen molar-refractivity contribution in [2.24, 2.45) is 5.41 Å². The van der Waals surface area contributed by atoms with Gasteiger partial charge in [0.2, 0.25) is 0 Å². The average Bonchev–Trinajstić information content (AvgIpc) is 2.75. The highest BCUT2D eigenvalue weighted by Crippen LogP contribution is 2.33. The van der Waals surface area contributed by atoms with Crippen molar-refractivity contribution >= 4 is 12.0 Å². The van der Waals surface area contributed by atoms with Crippen molar-refractivity contribution < 1.29 is 14.7 Å². The molecule has 1 saturated heterocycles. The zero-order valence-electron chi connectivity index (χ0n) is 10.2. The first-order chi connectivity index (χ1) is 8.05. The molecule has 5 heteroatoms. The minimum absolute atomic E-state index is 0.232. The summed E-state index contributed by atoms with van der Waals surface area (Å²) in [4.78, 5) is 24.5. The number of amides is 2. The Morgan fingerprint density at radius 1 is 1.53 bits per heavy atom. The molecule has 94 valence electrons. The Morgan fingerprint density at radius 3 is 2.71 bits per heavy atom. The first kappa shape index (κ1) is 13.4. The van der Waals surface area contributed by atoms with Crippen LogP contribution in [0.4, 0.5) is 4.79 Å². The molecule has 2 N–H and O–H groups in total. The average molecular weight is 238 g/mol. The lowest BCUT2D eigenvalue weighted by molar-refractivity contribution is -0.148. The number of carboxylic acid groups (broad SMARTS) is 1. The van der Waals surface area contributed by atoms with Crippen LogP contribution in [0.1, 0.15) is 26.7 Å². The molecule has 17 heavy (non-hydrogen) atoms. The van der Waals surface area contributed by atoms with Gasteiger partial charge in [0.25, 0.3) is 0 Å². The molecule has 1 aliphatic rings. The number of rotatable bonds is 3. The summed E-state index contributed by atoms with van der Waals surface area (Å²) in [5.41, 5.74) is -0.770. The second-order valence-corrected chi connectivity index (χ2v) is 4.20. The van der Waals surface area contributed by atoms with Crippen LogP contribution in [0.5, 0.6) is 0 Å². The van der Waals surface area contributed by atoms with Gasteiger partial charge in [-0.3, -0.25) is 4.79 Å². The van der Waals surface area contributed by atoms with Gasteiger partial charge < -0.3 is 15.3 Å². The molecule has 1 atom stereocenters. The summed E-state index contributed by atoms with van der Waals surface area (Å²) in [6, 6.07) is -0.232. The number of carbonyl (C=O) groups is 2. The van der Waals surface area contributed by atoms with Gasteiger partial charge in [0.1, 0.15) is 0 Å². The highest BCUT2D eigenvalue weighted by molar-refractivity contribution is 5.79. The summed E-state index contributed by atoms with van der Waals surface area (Å²) < 4.78 is 0. The predicted octanol–water partition coefficient (Wildman–Crippen LogP) is 0.906. The van der Waals surface area contributed by atoms with E-state index < -0.39 is 11.4 Å². The first-order valence-corrected chi connectivity index (χ1v) is 5.71. The number of nitrogens with zero attached hydrogens (tertiary/aromatic N) is 1. The van der Waals surface area contributed by atoms with Gasteiger partial charge in [0, 0.05) is 13.1 Å². The molecule has 1 heterocycles. The van der Waals surface area contributed by atoms with E-state index in [4.69, 9.17) is 0 Å². The predicted molar refractivity (Wildman–Crippen MR) is 63.4 cm³/mol. The molecular weight excluding hydrogens is 220 g/mol. The molecule has 0 spiro atoms. The molecule has 0 aromatic carbocycles. The van der Waals surface area contributed by atoms with Crippen LogP contribution < -0.4 is 5.32 Å². The summed E-state index contributed by atoms with van der Waals surface area (Å²) in [5, 5.41) is 11.8. The number of likely N-dealkylation sites (tertiary alicyclic amines) is 1. The van der Waals surface area contributed by atoms with Gasteiger partial charge >= 0.3 is 12.0 Å². The number of hydrogen-bond acceptors (Lipinski definition) is 2. The van der Waals surface area contributed by atoms with E-state index >= 15 is 0 Å². The molecule has 0 radical (unpaired) electrons. The summed E-state index contributed by atoms with van der Waals surface area (Å²) in [6.45, 7) is 4.63. The second-order valence-electron chi connectivity index (χ2n) is 4.20. The molecule has 0 aromatic rings. The maximum atomic E-state index is 11.7.